The molecule has 1 N–H and O–H groups in total. The summed E-state index contributed by atoms with van der Waals surface area (Å²) in [7, 11) is 0. The molecule has 1 aromatic carbocycles. The molecule has 2 atom stereocenters. The summed E-state index contributed by atoms with van der Waals surface area (Å²) in [5, 5.41) is 10.4. The summed E-state index contributed by atoms with van der Waals surface area (Å²) in [5.41, 5.74) is 1.43. The molecule has 5 rings (SSSR count). The topological polar surface area (TPSA) is 143 Å². The molecule has 1 unspecified atom stereocenters. The fourth-order valence-electron chi connectivity index (χ4n) is 7.39. The molecule has 2 aromatic rings. The zero-order valence-electron chi connectivity index (χ0n) is 28.8. The van der Waals surface area contributed by atoms with Gasteiger partial charge in [-0.05, 0) is 42.5 Å². The molecule has 49 heavy (non-hydrogen) atoms. The van der Waals surface area contributed by atoms with Crippen LogP contribution in [-0.2, 0) is 40.0 Å². The van der Waals surface area contributed by atoms with Crippen LogP contribution in [0.25, 0.3) is 10.9 Å². The van der Waals surface area contributed by atoms with Gasteiger partial charge in [0.15, 0.2) is 0 Å². The third-order valence-electron chi connectivity index (χ3n) is 10.1. The minimum absolute atomic E-state index is 0.0466. The number of cyclic esters (lactones) is 1. The van der Waals surface area contributed by atoms with E-state index in [9.17, 15) is 29.1 Å². The number of carbonyl (C=O) groups is 5. The van der Waals surface area contributed by atoms with Crippen LogP contribution in [0.5, 0.6) is 0 Å². The van der Waals surface area contributed by atoms with E-state index in [1.54, 1.807) is 11.8 Å². The molecule has 0 fully saturated rings. The first-order valence-corrected chi connectivity index (χ1v) is 18.0. The molecule has 11 heteroatoms. The summed E-state index contributed by atoms with van der Waals surface area (Å²) in [4.78, 5) is 72.9. The lowest BCUT2D eigenvalue weighted by Gasteiger charge is -2.43. The number of ether oxygens (including phenoxy) is 2. The Morgan fingerprint density at radius 2 is 1.69 bits per heavy atom. The number of nitrogens with zero attached hydrogens (tertiary/aromatic N) is 3. The fraction of sp³-hybridized carbons (Fsp3) is 0.579. The number of carboxylic acids is 1. The number of fused-ring (bicyclic) bond motifs is 4. The number of unbranched alkanes of at least 4 members (excludes halogenated alkanes) is 9. The predicted molar refractivity (Wildman–Crippen MR) is 182 cm³/mol. The minimum atomic E-state index is -1.80. The molecule has 0 spiro atoms. The average Bonchev–Trinajstić information content (AvgIpc) is 3.45. The number of aromatic nitrogens is 1. The maximum Gasteiger partial charge on any atom is 0.355 e. The Morgan fingerprint density at radius 1 is 1.00 bits per heavy atom. The van der Waals surface area contributed by atoms with E-state index in [-0.39, 0.29) is 50.6 Å². The molecular weight excluding hydrogens is 626 g/mol. The number of benzene rings is 1. The van der Waals surface area contributed by atoms with E-state index in [0.717, 1.165) is 46.3 Å². The summed E-state index contributed by atoms with van der Waals surface area (Å²) in [6.07, 6.45) is 11.4. The number of amides is 2. The molecule has 264 valence electrons. The van der Waals surface area contributed by atoms with Gasteiger partial charge in [-0.1, -0.05) is 89.8 Å². The Morgan fingerprint density at radius 3 is 2.39 bits per heavy atom. The molecule has 1 aromatic heterocycles. The Balaban J connectivity index is 1.21. The molecule has 0 aliphatic carbocycles. The smallest absolute Gasteiger partial charge is 0.355 e. The van der Waals surface area contributed by atoms with E-state index in [1.165, 1.54) is 38.5 Å². The van der Waals surface area contributed by atoms with Gasteiger partial charge in [-0.2, -0.15) is 0 Å². The largest absolute Gasteiger partial charge is 0.480 e. The zero-order chi connectivity index (χ0) is 35.0. The second-order valence-electron chi connectivity index (χ2n) is 13.5. The first-order valence-electron chi connectivity index (χ1n) is 18.0. The van der Waals surface area contributed by atoms with Gasteiger partial charge in [0.1, 0.15) is 13.2 Å². The number of para-hydroxylation sites is 1. The van der Waals surface area contributed by atoms with Crippen LogP contribution in [-0.4, -0.2) is 74.9 Å². The summed E-state index contributed by atoms with van der Waals surface area (Å²) in [6, 6.07) is 9.35. The number of hydrogen-bond donors (Lipinski definition) is 1. The second-order valence-corrected chi connectivity index (χ2v) is 13.5. The van der Waals surface area contributed by atoms with Gasteiger partial charge in [-0.3, -0.25) is 24.2 Å². The summed E-state index contributed by atoms with van der Waals surface area (Å²) in [5.74, 6) is -3.31. The molecular formula is C38H49N3O8. The van der Waals surface area contributed by atoms with Crippen molar-refractivity contribution < 1.29 is 38.6 Å². The summed E-state index contributed by atoms with van der Waals surface area (Å²) in [6.45, 7) is 3.38. The SMILES string of the molecule is CCCCCCCCCCCCC(=O)N(CCC(=O)O[C@]1(CC)C(=O)OCC2=C1CC1c3nc4ccccc4cc3CN1C2=O)CC(=O)O. The monoisotopic (exact) mass is 675 g/mol. The van der Waals surface area contributed by atoms with Crippen LogP contribution in [0.1, 0.15) is 121 Å². The zero-order valence-corrected chi connectivity index (χ0v) is 28.8. The first kappa shape index (κ1) is 36.0. The lowest BCUT2D eigenvalue weighted by molar-refractivity contribution is -0.182. The maximum atomic E-state index is 13.8. The van der Waals surface area contributed by atoms with Gasteiger partial charge in [0.2, 0.25) is 11.5 Å². The number of carbonyl (C=O) groups excluding carboxylic acids is 4. The fourth-order valence-corrected chi connectivity index (χ4v) is 7.39. The van der Waals surface area contributed by atoms with E-state index in [1.807, 2.05) is 30.3 Å². The van der Waals surface area contributed by atoms with Gasteiger partial charge >= 0.3 is 17.9 Å². The number of pyridine rings is 1. The number of rotatable bonds is 18. The van der Waals surface area contributed by atoms with E-state index in [4.69, 9.17) is 14.5 Å². The lowest BCUT2D eigenvalue weighted by atomic mass is 9.78. The second kappa shape index (κ2) is 16.4. The summed E-state index contributed by atoms with van der Waals surface area (Å²) >= 11 is 0. The molecule has 0 saturated carbocycles. The van der Waals surface area contributed by atoms with Crippen molar-refractivity contribution in [2.24, 2.45) is 0 Å². The number of esters is 2. The van der Waals surface area contributed by atoms with Gasteiger partial charge in [0.05, 0.1) is 29.2 Å². The highest BCUT2D eigenvalue weighted by molar-refractivity contribution is 6.01. The van der Waals surface area contributed by atoms with Gasteiger partial charge in [0, 0.05) is 24.9 Å². The van der Waals surface area contributed by atoms with Crippen LogP contribution < -0.4 is 0 Å². The van der Waals surface area contributed by atoms with Crippen LogP contribution in [0.3, 0.4) is 0 Å². The first-order chi connectivity index (χ1) is 23.7. The third-order valence-corrected chi connectivity index (χ3v) is 10.1. The number of aliphatic carboxylic acids is 1. The highest BCUT2D eigenvalue weighted by atomic mass is 16.6. The van der Waals surface area contributed by atoms with Gasteiger partial charge in [-0.25, -0.2) is 4.79 Å². The molecule has 3 aliphatic rings. The van der Waals surface area contributed by atoms with Crippen molar-refractivity contribution in [2.45, 2.75) is 122 Å². The normalized spacial score (nSPS) is 19.7. The Bertz CT molecular complexity index is 1600. The van der Waals surface area contributed by atoms with Crippen LogP contribution in [0.4, 0.5) is 0 Å². The average molecular weight is 676 g/mol. The molecule has 11 nitrogen and oxygen atoms in total. The molecule has 0 radical (unpaired) electrons. The Hall–Kier alpha value is -4.28. The maximum absolute atomic E-state index is 13.8. The number of carboxylic acid groups (broad SMARTS) is 1. The van der Waals surface area contributed by atoms with Gasteiger partial charge < -0.3 is 24.4 Å². The molecule has 2 amide bonds. The quantitative estimate of drug-likeness (QED) is 0.145. The van der Waals surface area contributed by atoms with Crippen molar-refractivity contribution in [3.63, 3.8) is 0 Å². The van der Waals surface area contributed by atoms with E-state index in [0.29, 0.717) is 24.1 Å². The van der Waals surface area contributed by atoms with Crippen LogP contribution in [0, 0.1) is 0 Å². The molecule has 3 aliphatic heterocycles. The molecule has 0 saturated heterocycles. The highest BCUT2D eigenvalue weighted by Gasteiger charge is 2.55. The van der Waals surface area contributed by atoms with Crippen LogP contribution in [0.15, 0.2) is 41.5 Å². The van der Waals surface area contributed by atoms with E-state index in [2.05, 4.69) is 6.92 Å². The van der Waals surface area contributed by atoms with Crippen LogP contribution in [0.2, 0.25) is 0 Å². The Kier molecular flexibility index (Phi) is 12.1. The van der Waals surface area contributed by atoms with Crippen LogP contribution >= 0.6 is 0 Å². The number of hydrogen-bond acceptors (Lipinski definition) is 8. The summed E-state index contributed by atoms with van der Waals surface area (Å²) < 4.78 is 11.4. The molecule has 0 bridgehead atoms. The minimum Gasteiger partial charge on any atom is -0.480 e. The highest BCUT2D eigenvalue weighted by Crippen LogP contribution is 2.48. The Labute approximate surface area is 288 Å². The van der Waals surface area contributed by atoms with Crippen molar-refractivity contribution >= 4 is 40.6 Å². The van der Waals surface area contributed by atoms with E-state index >= 15 is 0 Å². The lowest BCUT2D eigenvalue weighted by Crippen LogP contribution is -2.54. The van der Waals surface area contributed by atoms with Crippen molar-refractivity contribution in [1.82, 2.24) is 14.8 Å². The van der Waals surface area contributed by atoms with E-state index < -0.39 is 36.1 Å². The van der Waals surface area contributed by atoms with Crippen molar-refractivity contribution in [2.75, 3.05) is 19.7 Å². The van der Waals surface area contributed by atoms with Crippen molar-refractivity contribution in [3.8, 4) is 0 Å². The van der Waals surface area contributed by atoms with Gasteiger partial charge in [-0.15, -0.1) is 0 Å². The predicted octanol–water partition coefficient (Wildman–Crippen LogP) is 6.18. The third kappa shape index (κ3) is 8.13. The molecule has 4 heterocycles. The van der Waals surface area contributed by atoms with Crippen molar-refractivity contribution in [3.05, 3.63) is 52.7 Å². The standard InChI is InChI=1S/C38H49N3O8/c1-3-5-6-7-8-9-10-11-12-13-18-32(42)40(24-33(43)44)20-19-34(45)49-38(4-2)29-22-31-35-27(21-26-16-14-15-17-30(26)39-35)23-41(31)36(46)28(29)25-48-37(38)47/h14-17,21,31H,3-13,18-20,22-25H2,1-2H3,(H,43,44)/t31?,38-/m0/s1. The van der Waals surface area contributed by atoms with Gasteiger partial charge in [0.25, 0.3) is 5.91 Å². The van der Waals surface area contributed by atoms with Crippen molar-refractivity contribution in [1.29, 1.82) is 0 Å².